The average molecular weight is 332 g/mol. The Balaban J connectivity index is 1.97. The monoisotopic (exact) mass is 332 g/mol. The quantitative estimate of drug-likeness (QED) is 0.640. The van der Waals surface area contributed by atoms with Crippen LogP contribution in [-0.4, -0.2) is 24.1 Å². The smallest absolute Gasteiger partial charge is 0.400 e. The zero-order valence-electron chi connectivity index (χ0n) is 13.4. The first-order chi connectivity index (χ1) is 10.3. The van der Waals surface area contributed by atoms with Crippen molar-refractivity contribution in [2.75, 3.05) is 5.75 Å². The van der Waals surface area contributed by atoms with Crippen molar-refractivity contribution in [1.82, 2.24) is 0 Å². The SMILES string of the molecule is CC1(C)OB(C(=Cc2cccc3ccsc23)CS)OC1(C)C. The minimum absolute atomic E-state index is 0.325. The molecule has 116 valence electrons. The Morgan fingerprint density at radius 2 is 1.86 bits per heavy atom. The summed E-state index contributed by atoms with van der Waals surface area (Å²) < 4.78 is 13.6. The van der Waals surface area contributed by atoms with Crippen molar-refractivity contribution < 1.29 is 9.31 Å². The van der Waals surface area contributed by atoms with E-state index in [1.54, 1.807) is 11.3 Å². The molecular weight excluding hydrogens is 311 g/mol. The van der Waals surface area contributed by atoms with Crippen molar-refractivity contribution in [3.63, 3.8) is 0 Å². The van der Waals surface area contributed by atoms with Crippen molar-refractivity contribution in [3.8, 4) is 0 Å². The molecule has 0 bridgehead atoms. The van der Waals surface area contributed by atoms with Gasteiger partial charge >= 0.3 is 7.12 Å². The van der Waals surface area contributed by atoms with E-state index in [1.165, 1.54) is 15.6 Å². The van der Waals surface area contributed by atoms with Gasteiger partial charge in [-0.05, 0) is 55.6 Å². The average Bonchev–Trinajstić information content (AvgIpc) is 2.99. The highest BCUT2D eigenvalue weighted by Gasteiger charge is 2.52. The van der Waals surface area contributed by atoms with Crippen molar-refractivity contribution in [1.29, 1.82) is 0 Å². The van der Waals surface area contributed by atoms with Crippen molar-refractivity contribution in [3.05, 3.63) is 40.7 Å². The van der Waals surface area contributed by atoms with E-state index >= 15 is 0 Å². The fourth-order valence-corrected chi connectivity index (χ4v) is 3.64. The van der Waals surface area contributed by atoms with Gasteiger partial charge in [0.1, 0.15) is 0 Å². The van der Waals surface area contributed by atoms with Crippen molar-refractivity contribution in [2.45, 2.75) is 38.9 Å². The Morgan fingerprint density at radius 1 is 1.18 bits per heavy atom. The third-order valence-electron chi connectivity index (χ3n) is 4.59. The van der Waals surface area contributed by atoms with Crippen LogP contribution in [0.5, 0.6) is 0 Å². The molecule has 0 spiro atoms. The lowest BCUT2D eigenvalue weighted by atomic mass is 9.78. The number of fused-ring (bicyclic) bond motifs is 1. The molecule has 22 heavy (non-hydrogen) atoms. The highest BCUT2D eigenvalue weighted by molar-refractivity contribution is 7.80. The standard InChI is InChI=1S/C17H21BO2S2/c1-16(2)17(3,4)20-18(19-16)14(11-21)10-13-7-5-6-12-8-9-22-15(12)13/h5-10,21H,11H2,1-4H3. The van der Waals surface area contributed by atoms with Gasteiger partial charge in [-0.1, -0.05) is 24.3 Å². The van der Waals surface area contributed by atoms with E-state index in [-0.39, 0.29) is 18.3 Å². The molecule has 0 aliphatic carbocycles. The van der Waals surface area contributed by atoms with Gasteiger partial charge < -0.3 is 9.31 Å². The van der Waals surface area contributed by atoms with E-state index in [0.29, 0.717) is 5.75 Å². The maximum atomic E-state index is 6.15. The fourth-order valence-electron chi connectivity index (χ4n) is 2.51. The second-order valence-electron chi connectivity index (χ2n) is 6.65. The van der Waals surface area contributed by atoms with Crippen LogP contribution in [0.2, 0.25) is 0 Å². The van der Waals surface area contributed by atoms with E-state index in [0.717, 1.165) is 5.47 Å². The van der Waals surface area contributed by atoms with Gasteiger partial charge in [-0.15, -0.1) is 11.3 Å². The number of thiol groups is 1. The van der Waals surface area contributed by atoms with Crippen LogP contribution in [-0.2, 0) is 9.31 Å². The normalized spacial score (nSPS) is 20.8. The van der Waals surface area contributed by atoms with Gasteiger partial charge in [0, 0.05) is 10.5 Å². The van der Waals surface area contributed by atoms with Crippen LogP contribution in [0, 0.1) is 0 Å². The number of hydrogen-bond donors (Lipinski definition) is 1. The fraction of sp³-hybridized carbons (Fsp3) is 0.412. The molecule has 1 fully saturated rings. The number of hydrogen-bond acceptors (Lipinski definition) is 4. The Hall–Kier alpha value is -0.745. The Bertz CT molecular complexity index is 702. The minimum atomic E-state index is -0.335. The highest BCUT2D eigenvalue weighted by atomic mass is 32.1. The van der Waals surface area contributed by atoms with Gasteiger partial charge in [-0.25, -0.2) is 0 Å². The van der Waals surface area contributed by atoms with Crippen molar-refractivity contribution >= 4 is 47.2 Å². The minimum Gasteiger partial charge on any atom is -0.400 e. The summed E-state index contributed by atoms with van der Waals surface area (Å²) in [4.78, 5) is 0. The van der Waals surface area contributed by atoms with E-state index in [9.17, 15) is 0 Å². The number of benzene rings is 1. The molecule has 2 nitrogen and oxygen atoms in total. The maximum Gasteiger partial charge on any atom is 0.491 e. The van der Waals surface area contributed by atoms with Gasteiger partial charge in [-0.2, -0.15) is 12.6 Å². The second kappa shape index (κ2) is 5.71. The lowest BCUT2D eigenvalue weighted by molar-refractivity contribution is 0.00578. The summed E-state index contributed by atoms with van der Waals surface area (Å²) in [5, 5.41) is 3.39. The van der Waals surface area contributed by atoms with Gasteiger partial charge in [0.05, 0.1) is 11.2 Å². The van der Waals surface area contributed by atoms with E-state index in [4.69, 9.17) is 9.31 Å². The summed E-state index contributed by atoms with van der Waals surface area (Å²) in [7, 11) is -0.335. The van der Waals surface area contributed by atoms with Crippen LogP contribution >= 0.6 is 24.0 Å². The summed E-state index contributed by atoms with van der Waals surface area (Å²) >= 11 is 6.25. The first-order valence-corrected chi connectivity index (χ1v) is 8.98. The Morgan fingerprint density at radius 3 is 2.50 bits per heavy atom. The highest BCUT2D eigenvalue weighted by Crippen LogP contribution is 2.39. The van der Waals surface area contributed by atoms with Gasteiger partial charge in [0.25, 0.3) is 0 Å². The third-order valence-corrected chi connectivity index (χ3v) is 5.93. The predicted octanol–water partition coefficient (Wildman–Crippen LogP) is 4.85. The molecule has 2 heterocycles. The Kier molecular flexibility index (Phi) is 4.19. The predicted molar refractivity (Wildman–Crippen MR) is 99.7 cm³/mol. The molecule has 5 heteroatoms. The van der Waals surface area contributed by atoms with E-state index in [1.807, 2.05) is 0 Å². The summed E-state index contributed by atoms with van der Waals surface area (Å²) in [5.41, 5.74) is 1.61. The van der Waals surface area contributed by atoms with Crippen LogP contribution in [0.15, 0.2) is 35.1 Å². The largest absolute Gasteiger partial charge is 0.491 e. The van der Waals surface area contributed by atoms with Crippen LogP contribution in [0.3, 0.4) is 0 Å². The molecule has 3 rings (SSSR count). The molecule has 2 aromatic rings. The molecule has 0 radical (unpaired) electrons. The lowest BCUT2D eigenvalue weighted by Crippen LogP contribution is -2.41. The molecule has 1 aliphatic heterocycles. The van der Waals surface area contributed by atoms with E-state index < -0.39 is 0 Å². The summed E-state index contributed by atoms with van der Waals surface area (Å²) in [5.74, 6) is 0.610. The Labute approximate surface area is 142 Å². The second-order valence-corrected chi connectivity index (χ2v) is 7.88. The molecule has 0 amide bonds. The van der Waals surface area contributed by atoms with Crippen LogP contribution in [0.1, 0.15) is 33.3 Å². The molecule has 0 unspecified atom stereocenters. The zero-order chi connectivity index (χ0) is 16.0. The summed E-state index contributed by atoms with van der Waals surface area (Å²) in [6.07, 6.45) is 2.16. The van der Waals surface area contributed by atoms with E-state index in [2.05, 4.69) is 76.0 Å². The molecule has 1 aromatic carbocycles. The summed E-state index contributed by atoms with van der Waals surface area (Å²) in [6.45, 7) is 8.29. The van der Waals surface area contributed by atoms with Gasteiger partial charge in [-0.3, -0.25) is 0 Å². The molecule has 1 aromatic heterocycles. The van der Waals surface area contributed by atoms with Gasteiger partial charge in [0.15, 0.2) is 0 Å². The molecule has 0 saturated carbocycles. The van der Waals surface area contributed by atoms with Crippen LogP contribution < -0.4 is 0 Å². The van der Waals surface area contributed by atoms with Gasteiger partial charge in [0.2, 0.25) is 0 Å². The number of rotatable bonds is 3. The first-order valence-electron chi connectivity index (χ1n) is 7.47. The lowest BCUT2D eigenvalue weighted by Gasteiger charge is -2.32. The topological polar surface area (TPSA) is 18.5 Å². The molecule has 1 saturated heterocycles. The third kappa shape index (κ3) is 2.76. The zero-order valence-corrected chi connectivity index (χ0v) is 15.1. The summed E-state index contributed by atoms with van der Waals surface area (Å²) in [6, 6.07) is 8.50. The molecular formula is C17H21BO2S2. The molecule has 0 N–H and O–H groups in total. The van der Waals surface area contributed by atoms with Crippen LogP contribution in [0.25, 0.3) is 16.2 Å². The first kappa shape index (κ1) is 16.1. The molecule has 0 atom stereocenters. The number of thiophene rings is 1. The van der Waals surface area contributed by atoms with Crippen molar-refractivity contribution in [2.24, 2.45) is 0 Å². The van der Waals surface area contributed by atoms with Crippen LogP contribution in [0.4, 0.5) is 0 Å². The molecule has 1 aliphatic rings. The maximum absolute atomic E-state index is 6.15.